The zero-order valence-electron chi connectivity index (χ0n) is 10.1. The summed E-state index contributed by atoms with van der Waals surface area (Å²) >= 11 is 5.44. The van der Waals surface area contributed by atoms with Crippen molar-refractivity contribution in [3.05, 3.63) is 0 Å². The summed E-state index contributed by atoms with van der Waals surface area (Å²) in [5, 5.41) is 2.21. The molecule has 0 aliphatic carbocycles. The molecule has 0 bridgehead atoms. The Kier molecular flexibility index (Phi) is 5.06. The van der Waals surface area contributed by atoms with Gasteiger partial charge in [0.2, 0.25) is 0 Å². The lowest BCUT2D eigenvalue weighted by Crippen LogP contribution is -2.60. The summed E-state index contributed by atoms with van der Waals surface area (Å²) in [7, 11) is -3.06. The lowest BCUT2D eigenvalue weighted by molar-refractivity contribution is 0.170. The molecule has 1 N–H and O–H groups in total. The van der Waals surface area contributed by atoms with Gasteiger partial charge in [-0.15, -0.1) is 11.6 Å². The van der Waals surface area contributed by atoms with Gasteiger partial charge in [-0.1, -0.05) is 13.8 Å². The number of urea groups is 1. The van der Waals surface area contributed by atoms with E-state index in [0.29, 0.717) is 25.5 Å². The van der Waals surface area contributed by atoms with Crippen LogP contribution in [0.1, 0.15) is 13.8 Å². The molecule has 100 valence electrons. The molecule has 0 atom stereocenters. The molecule has 2 amide bonds. The minimum Gasteiger partial charge on any atom is -0.337 e. The maximum absolute atomic E-state index is 11.8. The van der Waals surface area contributed by atoms with E-state index in [1.807, 2.05) is 13.8 Å². The fourth-order valence-electron chi connectivity index (χ4n) is 1.70. The molecule has 1 aliphatic heterocycles. The smallest absolute Gasteiger partial charge is 0.317 e. The van der Waals surface area contributed by atoms with E-state index < -0.39 is 15.1 Å². The SMILES string of the molecule is CC(C)CS(=O)(=O)C1CN(C(=O)NCCCl)C1. The number of amides is 2. The molecule has 0 aromatic carbocycles. The number of nitrogens with one attached hydrogen (secondary N) is 1. The molecule has 7 heteroatoms. The van der Waals surface area contributed by atoms with Crippen molar-refractivity contribution in [2.45, 2.75) is 19.1 Å². The molecule has 0 unspecified atom stereocenters. The first-order valence-corrected chi connectivity index (χ1v) is 7.92. The molecule has 5 nitrogen and oxygen atoms in total. The predicted octanol–water partition coefficient (Wildman–Crippen LogP) is 0.690. The quantitative estimate of drug-likeness (QED) is 0.755. The van der Waals surface area contributed by atoms with Crippen LogP contribution in [0.5, 0.6) is 0 Å². The summed E-state index contributed by atoms with van der Waals surface area (Å²) in [5.41, 5.74) is 0. The number of hydrogen-bond acceptors (Lipinski definition) is 3. The third kappa shape index (κ3) is 4.03. The Balaban J connectivity index is 2.38. The fourth-order valence-corrected chi connectivity index (χ4v) is 3.81. The minimum atomic E-state index is -3.06. The van der Waals surface area contributed by atoms with E-state index in [-0.39, 0.29) is 17.7 Å². The zero-order valence-corrected chi connectivity index (χ0v) is 11.7. The van der Waals surface area contributed by atoms with Gasteiger partial charge >= 0.3 is 6.03 Å². The second-order valence-electron chi connectivity index (χ2n) is 4.67. The molecule has 1 rings (SSSR count). The van der Waals surface area contributed by atoms with Gasteiger partial charge in [0, 0.05) is 25.5 Å². The third-order valence-electron chi connectivity index (χ3n) is 2.58. The highest BCUT2D eigenvalue weighted by molar-refractivity contribution is 7.92. The van der Waals surface area contributed by atoms with Crippen molar-refractivity contribution in [3.8, 4) is 0 Å². The Morgan fingerprint density at radius 3 is 2.53 bits per heavy atom. The summed E-state index contributed by atoms with van der Waals surface area (Å²) in [4.78, 5) is 12.9. The Hall–Kier alpha value is -0.490. The molecule has 0 aromatic rings. The number of nitrogens with zero attached hydrogens (tertiary/aromatic N) is 1. The van der Waals surface area contributed by atoms with Crippen LogP contribution in [0.15, 0.2) is 0 Å². The molecular formula is C10H19ClN2O3S. The van der Waals surface area contributed by atoms with Gasteiger partial charge in [-0.3, -0.25) is 0 Å². The highest BCUT2D eigenvalue weighted by Gasteiger charge is 2.39. The average Bonchev–Trinajstić information content (AvgIpc) is 2.09. The lowest BCUT2D eigenvalue weighted by Gasteiger charge is -2.38. The Morgan fingerprint density at radius 1 is 1.47 bits per heavy atom. The number of likely N-dealkylation sites (tertiary alicyclic amines) is 1. The van der Waals surface area contributed by atoms with E-state index >= 15 is 0 Å². The number of carbonyl (C=O) groups is 1. The van der Waals surface area contributed by atoms with E-state index in [1.54, 1.807) is 0 Å². The molecule has 0 spiro atoms. The second-order valence-corrected chi connectivity index (χ2v) is 7.37. The number of sulfone groups is 1. The van der Waals surface area contributed by atoms with E-state index in [2.05, 4.69) is 5.32 Å². The summed E-state index contributed by atoms with van der Waals surface area (Å²) in [6.07, 6.45) is 0. The van der Waals surface area contributed by atoms with Gasteiger partial charge in [0.1, 0.15) is 0 Å². The molecular weight excluding hydrogens is 264 g/mol. The second kappa shape index (κ2) is 5.91. The number of hydrogen-bond donors (Lipinski definition) is 1. The van der Waals surface area contributed by atoms with Crippen LogP contribution in [-0.2, 0) is 9.84 Å². The highest BCUT2D eigenvalue weighted by Crippen LogP contribution is 2.18. The minimum absolute atomic E-state index is 0.124. The lowest BCUT2D eigenvalue weighted by atomic mass is 10.2. The summed E-state index contributed by atoms with van der Waals surface area (Å²) < 4.78 is 23.7. The fraction of sp³-hybridized carbons (Fsp3) is 0.900. The van der Waals surface area contributed by atoms with Gasteiger partial charge in [0.25, 0.3) is 0 Å². The van der Waals surface area contributed by atoms with Gasteiger partial charge in [-0.2, -0.15) is 0 Å². The van der Waals surface area contributed by atoms with Gasteiger partial charge in [-0.25, -0.2) is 13.2 Å². The van der Waals surface area contributed by atoms with Crippen LogP contribution in [0.3, 0.4) is 0 Å². The third-order valence-corrected chi connectivity index (χ3v) is 5.21. The van der Waals surface area contributed by atoms with Crippen LogP contribution >= 0.6 is 11.6 Å². The van der Waals surface area contributed by atoms with Crippen LogP contribution in [0.2, 0.25) is 0 Å². The molecule has 0 aromatic heterocycles. The Labute approximate surface area is 107 Å². The predicted molar refractivity (Wildman–Crippen MR) is 68.1 cm³/mol. The highest BCUT2D eigenvalue weighted by atomic mass is 35.5. The molecule has 1 heterocycles. The maximum atomic E-state index is 11.8. The number of rotatable bonds is 5. The van der Waals surface area contributed by atoms with Crippen molar-refractivity contribution < 1.29 is 13.2 Å². The van der Waals surface area contributed by atoms with E-state index in [9.17, 15) is 13.2 Å². The van der Waals surface area contributed by atoms with Crippen LogP contribution in [-0.4, -0.2) is 55.9 Å². The molecule has 0 saturated carbocycles. The van der Waals surface area contributed by atoms with Crippen molar-refractivity contribution in [3.63, 3.8) is 0 Å². The molecule has 1 fully saturated rings. The van der Waals surface area contributed by atoms with Crippen molar-refractivity contribution in [2.24, 2.45) is 5.92 Å². The van der Waals surface area contributed by atoms with Crippen molar-refractivity contribution in [1.29, 1.82) is 0 Å². The molecule has 17 heavy (non-hydrogen) atoms. The number of carbonyl (C=O) groups excluding carboxylic acids is 1. The first-order chi connectivity index (χ1) is 7.86. The standard InChI is InChI=1S/C10H19ClN2O3S/c1-8(2)7-17(15,16)9-5-13(6-9)10(14)12-4-3-11/h8-9H,3-7H2,1-2H3,(H,12,14). The van der Waals surface area contributed by atoms with E-state index in [0.717, 1.165) is 0 Å². The largest absolute Gasteiger partial charge is 0.337 e. The van der Waals surface area contributed by atoms with Crippen molar-refractivity contribution in [2.75, 3.05) is 31.3 Å². The number of alkyl halides is 1. The topological polar surface area (TPSA) is 66.5 Å². The van der Waals surface area contributed by atoms with Crippen LogP contribution in [0.25, 0.3) is 0 Å². The first-order valence-electron chi connectivity index (χ1n) is 5.67. The van der Waals surface area contributed by atoms with Gasteiger partial charge < -0.3 is 10.2 Å². The van der Waals surface area contributed by atoms with Gasteiger partial charge in [0.05, 0.1) is 11.0 Å². The summed E-state index contributed by atoms with van der Waals surface area (Å²) in [6, 6.07) is -0.235. The zero-order chi connectivity index (χ0) is 13.1. The van der Waals surface area contributed by atoms with Gasteiger partial charge in [0.15, 0.2) is 9.84 Å². The van der Waals surface area contributed by atoms with Crippen molar-refractivity contribution in [1.82, 2.24) is 10.2 Å². The molecule has 1 aliphatic rings. The normalized spacial score (nSPS) is 17.1. The van der Waals surface area contributed by atoms with Crippen LogP contribution < -0.4 is 5.32 Å². The van der Waals surface area contributed by atoms with Gasteiger partial charge in [-0.05, 0) is 5.92 Å². The van der Waals surface area contributed by atoms with Crippen LogP contribution in [0.4, 0.5) is 4.79 Å². The van der Waals surface area contributed by atoms with Crippen molar-refractivity contribution >= 4 is 27.5 Å². The summed E-state index contributed by atoms with van der Waals surface area (Å²) in [6.45, 7) is 4.75. The Bertz CT molecular complexity index is 364. The Morgan fingerprint density at radius 2 is 2.06 bits per heavy atom. The van der Waals surface area contributed by atoms with Crippen LogP contribution in [0, 0.1) is 5.92 Å². The van der Waals surface area contributed by atoms with E-state index in [4.69, 9.17) is 11.6 Å². The monoisotopic (exact) mass is 282 g/mol. The molecule has 0 radical (unpaired) electrons. The first kappa shape index (κ1) is 14.6. The maximum Gasteiger partial charge on any atom is 0.317 e. The van der Waals surface area contributed by atoms with E-state index in [1.165, 1.54) is 4.90 Å². The molecule has 1 saturated heterocycles. The average molecular weight is 283 g/mol. The number of halogens is 1. The summed E-state index contributed by atoms with van der Waals surface area (Å²) in [5.74, 6) is 0.669.